The lowest BCUT2D eigenvalue weighted by Crippen LogP contribution is -2.15. The quantitative estimate of drug-likeness (QED) is 0.620. The van der Waals surface area contributed by atoms with Crippen molar-refractivity contribution in [2.24, 2.45) is 0 Å². The number of hydrogen-bond donors (Lipinski definition) is 1. The van der Waals surface area contributed by atoms with Gasteiger partial charge in [-0.25, -0.2) is 0 Å². The summed E-state index contributed by atoms with van der Waals surface area (Å²) in [5.41, 5.74) is 5.97. The normalized spacial score (nSPS) is 11.2. The molecule has 0 amide bonds. The number of aryl methyl sites for hydroxylation is 1. The molecule has 0 bridgehead atoms. The number of aromatic nitrogens is 1. The number of benzene rings is 2. The molecule has 0 aliphatic carbocycles. The van der Waals surface area contributed by atoms with Crippen molar-refractivity contribution < 1.29 is 5.11 Å². The number of rotatable bonds is 7. The zero-order chi connectivity index (χ0) is 18.5. The topological polar surface area (TPSA) is 28.4 Å². The summed E-state index contributed by atoms with van der Waals surface area (Å²) >= 11 is 0. The van der Waals surface area contributed by atoms with Crippen molar-refractivity contribution >= 4 is 0 Å². The molecule has 3 heteroatoms. The lowest BCUT2D eigenvalue weighted by atomic mass is 9.97. The van der Waals surface area contributed by atoms with Gasteiger partial charge in [-0.15, -0.1) is 0 Å². The molecule has 0 aliphatic rings. The van der Waals surface area contributed by atoms with Gasteiger partial charge in [0.2, 0.25) is 0 Å². The highest BCUT2D eigenvalue weighted by Gasteiger charge is 2.12. The molecule has 1 heterocycles. The summed E-state index contributed by atoms with van der Waals surface area (Å²) in [5, 5.41) is 9.89. The van der Waals surface area contributed by atoms with Gasteiger partial charge in [-0.3, -0.25) is 4.90 Å². The predicted molar refractivity (Wildman–Crippen MR) is 109 cm³/mol. The fourth-order valence-corrected chi connectivity index (χ4v) is 3.28. The zero-order valence-electron chi connectivity index (χ0n) is 15.9. The van der Waals surface area contributed by atoms with Crippen LogP contribution in [-0.4, -0.2) is 28.7 Å². The average molecular weight is 348 g/mol. The van der Waals surface area contributed by atoms with E-state index in [-0.39, 0.29) is 0 Å². The molecule has 0 fully saturated rings. The van der Waals surface area contributed by atoms with Crippen LogP contribution >= 0.6 is 0 Å². The molecule has 0 saturated carbocycles. The van der Waals surface area contributed by atoms with Crippen LogP contribution < -0.4 is 0 Å². The van der Waals surface area contributed by atoms with Crippen LogP contribution in [0.3, 0.4) is 0 Å². The monoisotopic (exact) mass is 348 g/mol. The van der Waals surface area contributed by atoms with Gasteiger partial charge in [-0.05, 0) is 55.8 Å². The molecule has 0 radical (unpaired) electrons. The maximum absolute atomic E-state index is 9.89. The first kappa shape index (κ1) is 18.3. The third-order valence-electron chi connectivity index (χ3n) is 4.57. The maximum atomic E-state index is 9.89. The van der Waals surface area contributed by atoms with Gasteiger partial charge >= 0.3 is 0 Å². The Hall–Kier alpha value is -2.52. The van der Waals surface area contributed by atoms with Crippen LogP contribution in [0.1, 0.15) is 25.3 Å². The van der Waals surface area contributed by atoms with E-state index in [1.807, 2.05) is 18.2 Å². The van der Waals surface area contributed by atoms with E-state index in [0.717, 1.165) is 24.2 Å². The minimum Gasteiger partial charge on any atom is -0.508 e. The Morgan fingerprint density at radius 1 is 0.923 bits per heavy atom. The van der Waals surface area contributed by atoms with Crippen molar-refractivity contribution in [3.8, 4) is 28.0 Å². The van der Waals surface area contributed by atoms with Crippen LogP contribution in [-0.2, 0) is 13.1 Å². The summed E-state index contributed by atoms with van der Waals surface area (Å²) in [6, 6.07) is 16.4. The summed E-state index contributed by atoms with van der Waals surface area (Å²) in [4.78, 5) is 2.14. The van der Waals surface area contributed by atoms with Crippen molar-refractivity contribution in [1.82, 2.24) is 9.47 Å². The fourth-order valence-electron chi connectivity index (χ4n) is 3.28. The Bertz CT molecular complexity index is 847. The number of unbranched alkanes of at least 4 members (excludes halogenated alkanes) is 1. The van der Waals surface area contributed by atoms with Crippen LogP contribution in [0.15, 0.2) is 60.9 Å². The molecule has 2 aromatic carbocycles. The third-order valence-corrected chi connectivity index (χ3v) is 4.57. The smallest absolute Gasteiger partial charge is 0.116 e. The predicted octanol–water partition coefficient (Wildman–Crippen LogP) is 5.39. The summed E-state index contributed by atoms with van der Waals surface area (Å²) in [7, 11) is 4.13. The molecule has 136 valence electrons. The number of phenolic OH excluding ortho intramolecular Hbond substituents is 1. The lowest BCUT2D eigenvalue weighted by molar-refractivity contribution is 0.327. The summed E-state index contributed by atoms with van der Waals surface area (Å²) in [6.45, 7) is 3.05. The SMILES string of the molecule is CCCCc1ccc(-c2cn(CN(C)C)cc2-c2cccc(O)c2)cc1. The third kappa shape index (κ3) is 4.36. The van der Waals surface area contributed by atoms with Gasteiger partial charge in [-0.1, -0.05) is 49.7 Å². The Morgan fingerprint density at radius 2 is 1.62 bits per heavy atom. The maximum Gasteiger partial charge on any atom is 0.116 e. The van der Waals surface area contributed by atoms with E-state index < -0.39 is 0 Å². The highest BCUT2D eigenvalue weighted by Crippen LogP contribution is 2.34. The minimum atomic E-state index is 0.295. The van der Waals surface area contributed by atoms with Crippen LogP contribution in [0.2, 0.25) is 0 Å². The van der Waals surface area contributed by atoms with Gasteiger partial charge in [0, 0.05) is 23.5 Å². The summed E-state index contributed by atoms with van der Waals surface area (Å²) < 4.78 is 2.19. The minimum absolute atomic E-state index is 0.295. The second kappa shape index (κ2) is 8.24. The number of hydrogen-bond acceptors (Lipinski definition) is 2. The molecule has 1 aromatic heterocycles. The Kier molecular flexibility index (Phi) is 5.79. The molecular weight excluding hydrogens is 320 g/mol. The molecule has 0 saturated heterocycles. The first-order chi connectivity index (χ1) is 12.6. The van der Waals surface area contributed by atoms with Crippen molar-refractivity contribution in [3.63, 3.8) is 0 Å². The van der Waals surface area contributed by atoms with E-state index in [9.17, 15) is 5.11 Å². The molecular formula is C23H28N2O. The number of aromatic hydroxyl groups is 1. The molecule has 1 N–H and O–H groups in total. The van der Waals surface area contributed by atoms with E-state index in [0.29, 0.717) is 5.75 Å². The van der Waals surface area contributed by atoms with Gasteiger partial charge in [0.15, 0.2) is 0 Å². The summed E-state index contributed by atoms with van der Waals surface area (Å²) in [5.74, 6) is 0.295. The molecule has 0 unspecified atom stereocenters. The number of phenols is 1. The Balaban J connectivity index is 2.00. The second-order valence-corrected chi connectivity index (χ2v) is 7.17. The summed E-state index contributed by atoms with van der Waals surface area (Å²) in [6.07, 6.45) is 7.94. The van der Waals surface area contributed by atoms with E-state index in [2.05, 4.69) is 67.1 Å². The number of nitrogens with zero attached hydrogens (tertiary/aromatic N) is 2. The van der Waals surface area contributed by atoms with Crippen molar-refractivity contribution in [1.29, 1.82) is 0 Å². The molecule has 3 nitrogen and oxygen atoms in total. The average Bonchev–Trinajstić information content (AvgIpc) is 3.03. The van der Waals surface area contributed by atoms with E-state index in [4.69, 9.17) is 0 Å². The zero-order valence-corrected chi connectivity index (χ0v) is 15.9. The van der Waals surface area contributed by atoms with Crippen LogP contribution in [0, 0.1) is 0 Å². The molecule has 0 spiro atoms. The van der Waals surface area contributed by atoms with Crippen molar-refractivity contribution in [3.05, 3.63) is 66.5 Å². The van der Waals surface area contributed by atoms with E-state index in [1.165, 1.54) is 29.5 Å². The van der Waals surface area contributed by atoms with Crippen LogP contribution in [0.4, 0.5) is 0 Å². The molecule has 26 heavy (non-hydrogen) atoms. The van der Waals surface area contributed by atoms with E-state index in [1.54, 1.807) is 6.07 Å². The Morgan fingerprint density at radius 3 is 2.23 bits per heavy atom. The largest absolute Gasteiger partial charge is 0.508 e. The van der Waals surface area contributed by atoms with Crippen molar-refractivity contribution in [2.75, 3.05) is 14.1 Å². The van der Waals surface area contributed by atoms with Gasteiger partial charge in [0.25, 0.3) is 0 Å². The van der Waals surface area contributed by atoms with Gasteiger partial charge in [0.05, 0.1) is 6.67 Å². The molecule has 3 aromatic rings. The molecule has 3 rings (SSSR count). The lowest BCUT2D eigenvalue weighted by Gasteiger charge is -2.10. The van der Waals surface area contributed by atoms with Crippen molar-refractivity contribution in [2.45, 2.75) is 32.9 Å². The first-order valence-electron chi connectivity index (χ1n) is 9.30. The highest BCUT2D eigenvalue weighted by molar-refractivity contribution is 5.83. The second-order valence-electron chi connectivity index (χ2n) is 7.17. The van der Waals surface area contributed by atoms with E-state index >= 15 is 0 Å². The fraction of sp³-hybridized carbons (Fsp3) is 0.304. The van der Waals surface area contributed by atoms with Crippen LogP contribution in [0.25, 0.3) is 22.3 Å². The first-order valence-corrected chi connectivity index (χ1v) is 9.30. The van der Waals surface area contributed by atoms with Crippen LogP contribution in [0.5, 0.6) is 5.75 Å². The molecule has 0 atom stereocenters. The standard InChI is InChI=1S/C23H28N2O/c1-4-5-7-18-10-12-19(13-11-18)22-15-25(17-24(2)3)16-23(22)20-8-6-9-21(26)14-20/h6,8-16,26H,4-5,7,17H2,1-3H3. The van der Waals surface area contributed by atoms with Gasteiger partial charge < -0.3 is 9.67 Å². The highest BCUT2D eigenvalue weighted by atomic mass is 16.3. The molecule has 0 aliphatic heterocycles. The van der Waals surface area contributed by atoms with Gasteiger partial charge in [0.1, 0.15) is 5.75 Å². The van der Waals surface area contributed by atoms with Gasteiger partial charge in [-0.2, -0.15) is 0 Å². The Labute approximate surface area is 156 Å².